The second-order valence-electron chi connectivity index (χ2n) is 4.45. The van der Waals surface area contributed by atoms with Crippen molar-refractivity contribution in [2.45, 2.75) is 17.7 Å². The highest BCUT2D eigenvalue weighted by atomic mass is 35.5. The first-order valence-corrected chi connectivity index (χ1v) is 7.09. The van der Waals surface area contributed by atoms with Crippen molar-refractivity contribution in [2.24, 2.45) is 5.92 Å². The number of carbonyl (C=O) groups is 1. The summed E-state index contributed by atoms with van der Waals surface area (Å²) in [5, 5.41) is 3.37. The van der Waals surface area contributed by atoms with E-state index in [4.69, 9.17) is 23.2 Å². The molecule has 94 valence electrons. The average Bonchev–Trinajstić information content (AvgIpc) is 2.74. The SMILES string of the molecule is Cc1cccc2sc(NC(=O)[C@@H]3CC3(Cl)Cl)nc12. The van der Waals surface area contributed by atoms with Crippen molar-refractivity contribution >= 4 is 55.8 Å². The molecule has 1 fully saturated rings. The maximum absolute atomic E-state index is 11.8. The molecule has 3 rings (SSSR count). The molecule has 2 aromatic rings. The minimum Gasteiger partial charge on any atom is -0.302 e. The van der Waals surface area contributed by atoms with Crippen molar-refractivity contribution in [3.8, 4) is 0 Å². The Morgan fingerprint density at radius 3 is 2.89 bits per heavy atom. The Balaban J connectivity index is 1.83. The van der Waals surface area contributed by atoms with E-state index in [1.165, 1.54) is 11.3 Å². The van der Waals surface area contributed by atoms with Crippen LogP contribution < -0.4 is 5.32 Å². The monoisotopic (exact) mass is 300 g/mol. The number of aryl methyl sites for hydroxylation is 1. The number of alkyl halides is 2. The minimum absolute atomic E-state index is 0.156. The molecule has 3 nitrogen and oxygen atoms in total. The number of aromatic nitrogens is 1. The second kappa shape index (κ2) is 4.08. The number of anilines is 1. The molecule has 18 heavy (non-hydrogen) atoms. The maximum Gasteiger partial charge on any atom is 0.232 e. The average molecular weight is 301 g/mol. The van der Waals surface area contributed by atoms with E-state index in [9.17, 15) is 4.79 Å². The Labute approximate surface area is 118 Å². The van der Waals surface area contributed by atoms with Gasteiger partial charge in [0.2, 0.25) is 5.91 Å². The fourth-order valence-corrected chi connectivity index (χ4v) is 3.28. The molecule has 0 saturated heterocycles. The molecule has 1 saturated carbocycles. The first kappa shape index (κ1) is 12.2. The van der Waals surface area contributed by atoms with E-state index in [1.807, 2.05) is 25.1 Å². The van der Waals surface area contributed by atoms with E-state index in [0.717, 1.165) is 15.8 Å². The van der Waals surface area contributed by atoms with Crippen LogP contribution in [0.1, 0.15) is 12.0 Å². The molecule has 1 atom stereocenters. The van der Waals surface area contributed by atoms with Gasteiger partial charge in [0.15, 0.2) is 5.13 Å². The quantitative estimate of drug-likeness (QED) is 0.859. The highest BCUT2D eigenvalue weighted by Gasteiger charge is 2.56. The summed E-state index contributed by atoms with van der Waals surface area (Å²) in [5.74, 6) is -0.481. The second-order valence-corrected chi connectivity index (χ2v) is 7.02. The van der Waals surface area contributed by atoms with Crippen molar-refractivity contribution in [3.63, 3.8) is 0 Å². The third-order valence-corrected chi connectivity index (χ3v) is 4.76. The zero-order valence-corrected chi connectivity index (χ0v) is 11.9. The van der Waals surface area contributed by atoms with Crippen LogP contribution in [0.5, 0.6) is 0 Å². The number of para-hydroxylation sites is 1. The molecular weight excluding hydrogens is 291 g/mol. The lowest BCUT2D eigenvalue weighted by molar-refractivity contribution is -0.117. The zero-order valence-electron chi connectivity index (χ0n) is 9.54. The Morgan fingerprint density at radius 2 is 2.28 bits per heavy atom. The molecule has 6 heteroatoms. The number of carbonyl (C=O) groups excluding carboxylic acids is 1. The van der Waals surface area contributed by atoms with Crippen LogP contribution in [0.15, 0.2) is 18.2 Å². The number of thiazole rings is 1. The molecule has 0 unspecified atom stereocenters. The van der Waals surface area contributed by atoms with E-state index in [2.05, 4.69) is 10.3 Å². The van der Waals surface area contributed by atoms with Gasteiger partial charge in [-0.1, -0.05) is 23.5 Å². The van der Waals surface area contributed by atoms with Crippen molar-refractivity contribution in [3.05, 3.63) is 23.8 Å². The third kappa shape index (κ3) is 2.09. The van der Waals surface area contributed by atoms with Crippen molar-refractivity contribution < 1.29 is 4.79 Å². The van der Waals surface area contributed by atoms with Crippen LogP contribution >= 0.6 is 34.5 Å². The molecule has 0 bridgehead atoms. The Morgan fingerprint density at radius 1 is 1.56 bits per heavy atom. The number of nitrogens with zero attached hydrogens (tertiary/aromatic N) is 1. The molecule has 0 aliphatic heterocycles. The fraction of sp³-hybridized carbons (Fsp3) is 0.333. The summed E-state index contributed by atoms with van der Waals surface area (Å²) in [7, 11) is 0. The maximum atomic E-state index is 11.8. The van der Waals surface area contributed by atoms with Gasteiger partial charge in [0.05, 0.1) is 16.1 Å². The lowest BCUT2D eigenvalue weighted by Gasteiger charge is -2.00. The summed E-state index contributed by atoms with van der Waals surface area (Å²) >= 11 is 13.2. The van der Waals surface area contributed by atoms with Crippen LogP contribution in [0.4, 0.5) is 5.13 Å². The van der Waals surface area contributed by atoms with Crippen LogP contribution in [0.2, 0.25) is 0 Å². The topological polar surface area (TPSA) is 42.0 Å². The van der Waals surface area contributed by atoms with Crippen LogP contribution in [0.25, 0.3) is 10.2 Å². The van der Waals surface area contributed by atoms with Crippen molar-refractivity contribution in [1.82, 2.24) is 4.98 Å². The smallest absolute Gasteiger partial charge is 0.232 e. The number of rotatable bonds is 2. The molecular formula is C12H10Cl2N2OS. The van der Waals surface area contributed by atoms with Crippen LogP contribution in [-0.4, -0.2) is 15.2 Å². The summed E-state index contributed by atoms with van der Waals surface area (Å²) in [6.07, 6.45) is 0.506. The number of hydrogen-bond acceptors (Lipinski definition) is 3. The number of amides is 1. The molecule has 1 aromatic heterocycles. The Bertz CT molecular complexity index is 638. The van der Waals surface area contributed by atoms with E-state index >= 15 is 0 Å². The molecule has 0 radical (unpaired) electrons. The summed E-state index contributed by atoms with van der Waals surface area (Å²) in [5.41, 5.74) is 2.02. The first-order chi connectivity index (χ1) is 8.47. The standard InChI is InChI=1S/C12H10Cl2N2OS/c1-6-3-2-4-8-9(6)15-11(18-8)16-10(17)7-5-12(7,13)14/h2-4,7H,5H2,1H3,(H,15,16,17)/t7-/m0/s1. The summed E-state index contributed by atoms with van der Waals surface area (Å²) in [6, 6.07) is 5.96. The lowest BCUT2D eigenvalue weighted by Crippen LogP contribution is -2.16. The van der Waals surface area contributed by atoms with Gasteiger partial charge in [0.25, 0.3) is 0 Å². The third-order valence-electron chi connectivity index (χ3n) is 2.99. The number of benzene rings is 1. The van der Waals surface area contributed by atoms with E-state index in [0.29, 0.717) is 11.6 Å². The Hall–Kier alpha value is -0.840. The van der Waals surface area contributed by atoms with Crippen LogP contribution in [-0.2, 0) is 4.79 Å². The van der Waals surface area contributed by atoms with Gasteiger partial charge in [-0.15, -0.1) is 23.2 Å². The molecule has 1 N–H and O–H groups in total. The number of halogens is 2. The van der Waals surface area contributed by atoms with Gasteiger partial charge < -0.3 is 5.32 Å². The predicted molar refractivity (Wildman–Crippen MR) is 75.5 cm³/mol. The Kier molecular flexibility index (Phi) is 2.77. The van der Waals surface area contributed by atoms with E-state index in [-0.39, 0.29) is 11.8 Å². The van der Waals surface area contributed by atoms with Crippen LogP contribution in [0, 0.1) is 12.8 Å². The summed E-state index contributed by atoms with van der Waals surface area (Å²) < 4.78 is 0.167. The molecule has 0 spiro atoms. The van der Waals surface area contributed by atoms with Gasteiger partial charge in [-0.3, -0.25) is 4.79 Å². The van der Waals surface area contributed by atoms with Gasteiger partial charge in [-0.25, -0.2) is 4.98 Å². The number of nitrogens with one attached hydrogen (secondary N) is 1. The first-order valence-electron chi connectivity index (χ1n) is 5.52. The molecule has 1 aliphatic carbocycles. The van der Waals surface area contributed by atoms with Gasteiger partial charge in [-0.05, 0) is 25.0 Å². The largest absolute Gasteiger partial charge is 0.302 e. The molecule has 1 amide bonds. The lowest BCUT2D eigenvalue weighted by atomic mass is 10.2. The summed E-state index contributed by atoms with van der Waals surface area (Å²) in [4.78, 5) is 16.2. The van der Waals surface area contributed by atoms with Gasteiger partial charge in [0, 0.05) is 0 Å². The zero-order chi connectivity index (χ0) is 12.9. The van der Waals surface area contributed by atoms with E-state index in [1.54, 1.807) is 0 Å². The molecule has 1 aromatic carbocycles. The minimum atomic E-state index is -0.892. The highest BCUT2D eigenvalue weighted by Crippen LogP contribution is 2.53. The number of hydrogen-bond donors (Lipinski definition) is 1. The molecule has 1 aliphatic rings. The van der Waals surface area contributed by atoms with Crippen LogP contribution in [0.3, 0.4) is 0 Å². The normalized spacial score (nSPS) is 20.9. The van der Waals surface area contributed by atoms with E-state index < -0.39 is 4.33 Å². The van der Waals surface area contributed by atoms with Gasteiger partial charge >= 0.3 is 0 Å². The molecule has 1 heterocycles. The summed E-state index contributed by atoms with van der Waals surface area (Å²) in [6.45, 7) is 2.00. The van der Waals surface area contributed by atoms with Crippen molar-refractivity contribution in [2.75, 3.05) is 5.32 Å². The number of fused-ring (bicyclic) bond motifs is 1. The predicted octanol–water partition coefficient (Wildman–Crippen LogP) is 3.74. The van der Waals surface area contributed by atoms with Crippen molar-refractivity contribution in [1.29, 1.82) is 0 Å². The van der Waals surface area contributed by atoms with Gasteiger partial charge in [0.1, 0.15) is 4.33 Å². The van der Waals surface area contributed by atoms with Gasteiger partial charge in [-0.2, -0.15) is 0 Å². The highest BCUT2D eigenvalue weighted by molar-refractivity contribution is 7.22. The fourth-order valence-electron chi connectivity index (χ4n) is 1.83.